The minimum Gasteiger partial charge on any atom is -0.396 e. The Morgan fingerprint density at radius 1 is 1.30 bits per heavy atom. The van der Waals surface area contributed by atoms with E-state index < -0.39 is 0 Å². The SMILES string of the molecule is Cc1ccccc1NC(=O)CNC1CCCCC1CO. The summed E-state index contributed by atoms with van der Waals surface area (Å²) in [6.07, 6.45) is 4.45. The van der Waals surface area contributed by atoms with Crippen molar-refractivity contribution in [1.82, 2.24) is 5.32 Å². The molecule has 1 amide bonds. The molecular formula is C16H24N2O2. The molecule has 0 aromatic heterocycles. The second-order valence-corrected chi connectivity index (χ2v) is 5.58. The molecule has 0 radical (unpaired) electrons. The van der Waals surface area contributed by atoms with Crippen molar-refractivity contribution >= 4 is 11.6 Å². The highest BCUT2D eigenvalue weighted by Gasteiger charge is 2.24. The Morgan fingerprint density at radius 3 is 2.80 bits per heavy atom. The maximum absolute atomic E-state index is 12.0. The summed E-state index contributed by atoms with van der Waals surface area (Å²) in [6.45, 7) is 2.48. The predicted molar refractivity (Wildman–Crippen MR) is 80.6 cm³/mol. The van der Waals surface area contributed by atoms with Crippen molar-refractivity contribution in [3.63, 3.8) is 0 Å². The first-order chi connectivity index (χ1) is 9.70. The normalized spacial score (nSPS) is 22.5. The number of carbonyl (C=O) groups excluding carboxylic acids is 1. The molecule has 2 unspecified atom stereocenters. The van der Waals surface area contributed by atoms with Crippen LogP contribution in [0.5, 0.6) is 0 Å². The fraction of sp³-hybridized carbons (Fsp3) is 0.562. The molecule has 20 heavy (non-hydrogen) atoms. The number of amides is 1. The van der Waals surface area contributed by atoms with Gasteiger partial charge in [-0.3, -0.25) is 4.79 Å². The number of benzene rings is 1. The summed E-state index contributed by atoms with van der Waals surface area (Å²) in [5, 5.41) is 15.6. The highest BCUT2D eigenvalue weighted by Crippen LogP contribution is 2.23. The molecule has 4 heteroatoms. The van der Waals surface area contributed by atoms with Crippen LogP contribution >= 0.6 is 0 Å². The first-order valence-corrected chi connectivity index (χ1v) is 7.40. The molecule has 4 nitrogen and oxygen atoms in total. The number of anilines is 1. The van der Waals surface area contributed by atoms with E-state index in [0.717, 1.165) is 24.1 Å². The van der Waals surface area contributed by atoms with Gasteiger partial charge in [0.1, 0.15) is 0 Å². The number of aryl methyl sites for hydroxylation is 1. The summed E-state index contributed by atoms with van der Waals surface area (Å²) in [4.78, 5) is 12.0. The second kappa shape index (κ2) is 7.41. The van der Waals surface area contributed by atoms with Crippen molar-refractivity contribution in [2.75, 3.05) is 18.5 Å². The van der Waals surface area contributed by atoms with Gasteiger partial charge < -0.3 is 15.7 Å². The standard InChI is InChI=1S/C16H24N2O2/c1-12-6-2-4-8-14(12)18-16(20)10-17-15-9-5-3-7-13(15)11-19/h2,4,6,8,13,15,17,19H,3,5,7,9-11H2,1H3,(H,18,20). The molecule has 1 aromatic rings. The number of rotatable bonds is 5. The van der Waals surface area contributed by atoms with Crippen LogP contribution in [-0.4, -0.2) is 30.2 Å². The van der Waals surface area contributed by atoms with Crippen LogP contribution < -0.4 is 10.6 Å². The van der Waals surface area contributed by atoms with Gasteiger partial charge in [-0.1, -0.05) is 31.0 Å². The summed E-state index contributed by atoms with van der Waals surface area (Å²) in [5.41, 5.74) is 1.92. The summed E-state index contributed by atoms with van der Waals surface area (Å²) >= 11 is 0. The highest BCUT2D eigenvalue weighted by molar-refractivity contribution is 5.92. The lowest BCUT2D eigenvalue weighted by atomic mass is 9.85. The first-order valence-electron chi connectivity index (χ1n) is 7.40. The average Bonchev–Trinajstić information content (AvgIpc) is 2.48. The Hall–Kier alpha value is -1.39. The molecule has 2 rings (SSSR count). The van der Waals surface area contributed by atoms with Crippen molar-refractivity contribution in [2.24, 2.45) is 5.92 Å². The predicted octanol–water partition coefficient (Wildman–Crippen LogP) is 2.07. The number of aliphatic hydroxyl groups is 1. The molecule has 1 aromatic carbocycles. The fourth-order valence-electron chi connectivity index (χ4n) is 2.83. The molecule has 2 atom stereocenters. The minimum absolute atomic E-state index is 0.0263. The van der Waals surface area contributed by atoms with E-state index in [2.05, 4.69) is 10.6 Å². The number of hydrogen-bond acceptors (Lipinski definition) is 3. The van der Waals surface area contributed by atoms with Crippen molar-refractivity contribution in [3.8, 4) is 0 Å². The molecule has 1 aliphatic carbocycles. The molecule has 0 saturated heterocycles. The molecule has 0 bridgehead atoms. The minimum atomic E-state index is -0.0263. The van der Waals surface area contributed by atoms with Gasteiger partial charge in [0.15, 0.2) is 0 Å². The van der Waals surface area contributed by atoms with Crippen LogP contribution in [0.25, 0.3) is 0 Å². The Bertz CT molecular complexity index is 448. The third-order valence-corrected chi connectivity index (χ3v) is 4.09. The quantitative estimate of drug-likeness (QED) is 0.771. The van der Waals surface area contributed by atoms with E-state index in [1.165, 1.54) is 12.8 Å². The summed E-state index contributed by atoms with van der Waals surface area (Å²) < 4.78 is 0. The van der Waals surface area contributed by atoms with Gasteiger partial charge in [-0.25, -0.2) is 0 Å². The van der Waals surface area contributed by atoms with E-state index in [1.54, 1.807) is 0 Å². The van der Waals surface area contributed by atoms with E-state index in [-0.39, 0.29) is 24.5 Å². The number of para-hydroxylation sites is 1. The summed E-state index contributed by atoms with van der Waals surface area (Å²) in [7, 11) is 0. The van der Waals surface area contributed by atoms with Crippen molar-refractivity contribution in [3.05, 3.63) is 29.8 Å². The van der Waals surface area contributed by atoms with Crippen molar-refractivity contribution < 1.29 is 9.90 Å². The number of aliphatic hydroxyl groups excluding tert-OH is 1. The third-order valence-electron chi connectivity index (χ3n) is 4.09. The topological polar surface area (TPSA) is 61.4 Å². The third kappa shape index (κ3) is 4.05. The van der Waals surface area contributed by atoms with Gasteiger partial charge in [-0.2, -0.15) is 0 Å². The van der Waals surface area contributed by atoms with Crippen LogP contribution in [0.1, 0.15) is 31.2 Å². The highest BCUT2D eigenvalue weighted by atomic mass is 16.3. The van der Waals surface area contributed by atoms with Gasteiger partial charge in [0.25, 0.3) is 0 Å². The Kier molecular flexibility index (Phi) is 5.56. The van der Waals surface area contributed by atoms with Gasteiger partial charge >= 0.3 is 0 Å². The smallest absolute Gasteiger partial charge is 0.238 e. The average molecular weight is 276 g/mol. The molecule has 1 fully saturated rings. The van der Waals surface area contributed by atoms with E-state index in [0.29, 0.717) is 6.54 Å². The van der Waals surface area contributed by atoms with Crippen LogP contribution in [0, 0.1) is 12.8 Å². The van der Waals surface area contributed by atoms with Gasteiger partial charge in [0, 0.05) is 18.3 Å². The Balaban J connectivity index is 1.81. The van der Waals surface area contributed by atoms with Gasteiger partial charge in [-0.05, 0) is 37.3 Å². The zero-order chi connectivity index (χ0) is 14.4. The number of nitrogens with one attached hydrogen (secondary N) is 2. The molecule has 1 saturated carbocycles. The Labute approximate surface area is 120 Å². The van der Waals surface area contributed by atoms with Crippen molar-refractivity contribution in [1.29, 1.82) is 0 Å². The maximum Gasteiger partial charge on any atom is 0.238 e. The second-order valence-electron chi connectivity index (χ2n) is 5.58. The van der Waals surface area contributed by atoms with Gasteiger partial charge in [0.2, 0.25) is 5.91 Å². The van der Waals surface area contributed by atoms with E-state index in [9.17, 15) is 9.90 Å². The van der Waals surface area contributed by atoms with Crippen LogP contribution in [0.3, 0.4) is 0 Å². The van der Waals surface area contributed by atoms with E-state index in [4.69, 9.17) is 0 Å². The van der Waals surface area contributed by atoms with Gasteiger partial charge in [-0.15, -0.1) is 0 Å². The van der Waals surface area contributed by atoms with E-state index >= 15 is 0 Å². The lowest BCUT2D eigenvalue weighted by Gasteiger charge is -2.30. The van der Waals surface area contributed by atoms with Gasteiger partial charge in [0.05, 0.1) is 6.54 Å². The summed E-state index contributed by atoms with van der Waals surface area (Å²) in [6, 6.07) is 8.02. The number of carbonyl (C=O) groups is 1. The number of hydrogen-bond donors (Lipinski definition) is 3. The maximum atomic E-state index is 12.0. The van der Waals surface area contributed by atoms with Crippen LogP contribution in [0.15, 0.2) is 24.3 Å². The molecular weight excluding hydrogens is 252 g/mol. The van der Waals surface area contributed by atoms with Crippen LogP contribution in [-0.2, 0) is 4.79 Å². The summed E-state index contributed by atoms with van der Waals surface area (Å²) in [5.74, 6) is 0.261. The zero-order valence-corrected chi connectivity index (χ0v) is 12.1. The monoisotopic (exact) mass is 276 g/mol. The molecule has 1 aliphatic rings. The lowest BCUT2D eigenvalue weighted by molar-refractivity contribution is -0.115. The zero-order valence-electron chi connectivity index (χ0n) is 12.1. The molecule has 0 spiro atoms. The van der Waals surface area contributed by atoms with Crippen LogP contribution in [0.4, 0.5) is 5.69 Å². The lowest BCUT2D eigenvalue weighted by Crippen LogP contribution is -2.43. The fourth-order valence-corrected chi connectivity index (χ4v) is 2.83. The van der Waals surface area contributed by atoms with E-state index in [1.807, 2.05) is 31.2 Å². The molecule has 3 N–H and O–H groups in total. The van der Waals surface area contributed by atoms with Crippen LogP contribution in [0.2, 0.25) is 0 Å². The molecule has 110 valence electrons. The molecule has 0 heterocycles. The molecule has 0 aliphatic heterocycles. The Morgan fingerprint density at radius 2 is 2.05 bits per heavy atom. The van der Waals surface area contributed by atoms with Crippen molar-refractivity contribution in [2.45, 2.75) is 38.6 Å². The first kappa shape index (κ1) is 15.0. The largest absolute Gasteiger partial charge is 0.396 e.